The van der Waals surface area contributed by atoms with Crippen LogP contribution in [-0.4, -0.2) is 0 Å². The minimum absolute atomic E-state index is 0.868. The van der Waals surface area contributed by atoms with E-state index in [2.05, 4.69) is 163 Å². The van der Waals surface area contributed by atoms with Crippen molar-refractivity contribution in [3.8, 4) is 11.1 Å². The zero-order chi connectivity index (χ0) is 31.0. The fourth-order valence-corrected chi connectivity index (χ4v) is 6.72. The van der Waals surface area contributed by atoms with Crippen LogP contribution in [0.15, 0.2) is 168 Å². The third kappa shape index (κ3) is 4.61. The molecule has 0 aliphatic heterocycles. The first kappa shape index (κ1) is 27.5. The average molecular weight is 593 g/mol. The van der Waals surface area contributed by atoms with Gasteiger partial charge in [0.1, 0.15) is 11.2 Å². The van der Waals surface area contributed by atoms with Crippen molar-refractivity contribution < 1.29 is 4.42 Å². The van der Waals surface area contributed by atoms with Crippen molar-refractivity contribution in [3.63, 3.8) is 0 Å². The maximum Gasteiger partial charge on any atom is 0.143 e. The molecule has 1 heterocycles. The molecule has 1 aromatic heterocycles. The number of para-hydroxylation sites is 1. The van der Waals surface area contributed by atoms with Crippen LogP contribution in [0.2, 0.25) is 0 Å². The Kier molecular flexibility index (Phi) is 6.85. The third-order valence-corrected chi connectivity index (χ3v) is 8.81. The van der Waals surface area contributed by atoms with Crippen LogP contribution in [-0.2, 0) is 0 Å². The van der Waals surface area contributed by atoms with E-state index in [9.17, 15) is 0 Å². The molecule has 46 heavy (non-hydrogen) atoms. The molecule has 7 aromatic carbocycles. The lowest BCUT2D eigenvalue weighted by molar-refractivity contribution is 0.670. The molecule has 220 valence electrons. The van der Waals surface area contributed by atoms with Crippen molar-refractivity contribution in [3.05, 3.63) is 170 Å². The van der Waals surface area contributed by atoms with E-state index in [0.717, 1.165) is 61.3 Å². The Balaban J connectivity index is 1.39. The first-order valence-corrected chi connectivity index (χ1v) is 15.6. The number of furan rings is 1. The Morgan fingerprint density at radius 1 is 0.630 bits per heavy atom. The summed E-state index contributed by atoms with van der Waals surface area (Å²) in [6, 6.07) is 51.6. The molecule has 0 spiro atoms. The maximum absolute atomic E-state index is 6.79. The number of nitrogens with zero attached hydrogens (tertiary/aromatic N) is 1. The van der Waals surface area contributed by atoms with Crippen molar-refractivity contribution in [1.82, 2.24) is 0 Å². The van der Waals surface area contributed by atoms with Crippen LogP contribution < -0.4 is 10.6 Å². The zero-order valence-corrected chi connectivity index (χ0v) is 25.5. The number of benzene rings is 7. The molecule has 3 heteroatoms. The van der Waals surface area contributed by atoms with Gasteiger partial charge in [0.25, 0.3) is 0 Å². The number of allylic oxidation sites excluding steroid dienone is 3. The van der Waals surface area contributed by atoms with Gasteiger partial charge in [0.15, 0.2) is 0 Å². The van der Waals surface area contributed by atoms with Gasteiger partial charge in [-0.1, -0.05) is 109 Å². The minimum atomic E-state index is 0.868. The van der Waals surface area contributed by atoms with Crippen LogP contribution in [0.4, 0.5) is 17.1 Å². The molecule has 0 amide bonds. The molecular weight excluding hydrogens is 560 g/mol. The van der Waals surface area contributed by atoms with E-state index in [1.165, 1.54) is 21.5 Å². The minimum Gasteiger partial charge on any atom is -0.455 e. The molecule has 0 fully saturated rings. The second-order valence-corrected chi connectivity index (χ2v) is 11.6. The molecule has 0 unspecified atom stereocenters. The Bertz CT molecular complexity index is 2440. The predicted octanol–water partition coefficient (Wildman–Crippen LogP) is 11.9. The molecule has 8 rings (SSSR count). The van der Waals surface area contributed by atoms with Crippen molar-refractivity contribution in [1.29, 1.82) is 0 Å². The lowest BCUT2D eigenvalue weighted by Crippen LogP contribution is -2.10. The predicted molar refractivity (Wildman–Crippen MR) is 196 cm³/mol. The fraction of sp³-hybridized carbons (Fsp3) is 0.0233. The standard InChI is InChI=1S/C43H32N2O/c1-29(13-12-26-44)35-23-11-25-40-41(35)42-37-22-8-6-15-32(37)28-38(43(42)46-40)31-17-9-20-34(27-31)45(33-18-3-2-4-19-33)39-24-10-16-30-14-5-7-21-36(30)39/h2-28H,44H2,1H3/b26-12-,29-13+. The van der Waals surface area contributed by atoms with Crippen LogP contribution in [0.5, 0.6) is 0 Å². The van der Waals surface area contributed by atoms with Gasteiger partial charge in [-0.15, -0.1) is 0 Å². The third-order valence-electron chi connectivity index (χ3n) is 8.81. The summed E-state index contributed by atoms with van der Waals surface area (Å²) in [7, 11) is 0. The molecule has 2 N–H and O–H groups in total. The highest BCUT2D eigenvalue weighted by Crippen LogP contribution is 2.45. The van der Waals surface area contributed by atoms with Crippen LogP contribution in [0.3, 0.4) is 0 Å². The quantitative estimate of drug-likeness (QED) is 0.195. The van der Waals surface area contributed by atoms with Crippen LogP contribution >= 0.6 is 0 Å². The van der Waals surface area contributed by atoms with Crippen LogP contribution in [0, 0.1) is 0 Å². The van der Waals surface area contributed by atoms with E-state index in [4.69, 9.17) is 10.2 Å². The molecule has 8 aromatic rings. The monoisotopic (exact) mass is 592 g/mol. The van der Waals surface area contributed by atoms with Gasteiger partial charge in [0, 0.05) is 33.1 Å². The molecule has 0 saturated heterocycles. The van der Waals surface area contributed by atoms with E-state index in [1.54, 1.807) is 6.20 Å². The van der Waals surface area contributed by atoms with E-state index in [0.29, 0.717) is 0 Å². The largest absolute Gasteiger partial charge is 0.455 e. The van der Waals surface area contributed by atoms with E-state index >= 15 is 0 Å². The lowest BCUT2D eigenvalue weighted by Gasteiger charge is -2.27. The highest BCUT2D eigenvalue weighted by Gasteiger charge is 2.21. The Labute approximate surface area is 268 Å². The molecule has 0 aliphatic carbocycles. The smallest absolute Gasteiger partial charge is 0.143 e. The normalized spacial score (nSPS) is 12.2. The number of anilines is 3. The fourth-order valence-electron chi connectivity index (χ4n) is 6.72. The summed E-state index contributed by atoms with van der Waals surface area (Å²) in [4.78, 5) is 2.35. The summed E-state index contributed by atoms with van der Waals surface area (Å²) < 4.78 is 6.79. The number of hydrogen-bond acceptors (Lipinski definition) is 3. The number of fused-ring (bicyclic) bond motifs is 6. The van der Waals surface area contributed by atoms with Gasteiger partial charge in [-0.3, -0.25) is 0 Å². The van der Waals surface area contributed by atoms with Crippen molar-refractivity contribution in [2.24, 2.45) is 5.73 Å². The average Bonchev–Trinajstić information content (AvgIpc) is 3.51. The number of hydrogen-bond donors (Lipinski definition) is 1. The van der Waals surface area contributed by atoms with Gasteiger partial charge in [-0.05, 0) is 94.5 Å². The van der Waals surface area contributed by atoms with Gasteiger partial charge in [-0.2, -0.15) is 0 Å². The summed E-state index contributed by atoms with van der Waals surface area (Å²) in [5, 5.41) is 7.00. The molecule has 0 saturated carbocycles. The van der Waals surface area contributed by atoms with E-state index < -0.39 is 0 Å². The SMILES string of the molecule is C/C(=C\C=C/N)c1cccc2oc3c(-c4cccc(N(c5ccccc5)c5cccc6ccccc56)c4)cc4ccccc4c3c12. The van der Waals surface area contributed by atoms with Crippen LogP contribution in [0.25, 0.3) is 60.2 Å². The Morgan fingerprint density at radius 3 is 2.17 bits per heavy atom. The van der Waals surface area contributed by atoms with Gasteiger partial charge in [0.2, 0.25) is 0 Å². The molecule has 0 bridgehead atoms. The molecule has 0 radical (unpaired) electrons. The molecule has 0 aliphatic rings. The zero-order valence-electron chi connectivity index (χ0n) is 25.5. The van der Waals surface area contributed by atoms with E-state index in [1.807, 2.05) is 6.08 Å². The molecule has 3 nitrogen and oxygen atoms in total. The second kappa shape index (κ2) is 11.5. The summed E-state index contributed by atoms with van der Waals surface area (Å²) >= 11 is 0. The first-order valence-electron chi connectivity index (χ1n) is 15.6. The molecule has 0 atom stereocenters. The lowest BCUT2D eigenvalue weighted by atomic mass is 9.93. The van der Waals surface area contributed by atoms with Crippen molar-refractivity contribution in [2.75, 3.05) is 4.90 Å². The first-order chi connectivity index (χ1) is 22.7. The number of rotatable bonds is 6. The molecular formula is C43H32N2O. The highest BCUT2D eigenvalue weighted by molar-refractivity contribution is 6.24. The van der Waals surface area contributed by atoms with E-state index in [-0.39, 0.29) is 0 Å². The topological polar surface area (TPSA) is 42.4 Å². The summed E-state index contributed by atoms with van der Waals surface area (Å²) in [6.45, 7) is 2.12. The summed E-state index contributed by atoms with van der Waals surface area (Å²) in [5.41, 5.74) is 15.2. The Morgan fingerprint density at radius 2 is 1.33 bits per heavy atom. The Hall–Kier alpha value is -6.06. The van der Waals surface area contributed by atoms with Gasteiger partial charge in [-0.25, -0.2) is 0 Å². The van der Waals surface area contributed by atoms with Crippen LogP contribution in [0.1, 0.15) is 12.5 Å². The summed E-state index contributed by atoms with van der Waals surface area (Å²) in [5.74, 6) is 0. The van der Waals surface area contributed by atoms with Gasteiger partial charge in [0.05, 0.1) is 5.69 Å². The summed E-state index contributed by atoms with van der Waals surface area (Å²) in [6.07, 6.45) is 5.49. The van der Waals surface area contributed by atoms with Crippen molar-refractivity contribution >= 4 is 66.1 Å². The highest BCUT2D eigenvalue weighted by atomic mass is 16.3. The maximum atomic E-state index is 6.79. The van der Waals surface area contributed by atoms with Gasteiger partial charge < -0.3 is 15.1 Å². The second-order valence-electron chi connectivity index (χ2n) is 11.6. The van der Waals surface area contributed by atoms with Crippen molar-refractivity contribution in [2.45, 2.75) is 6.92 Å². The van der Waals surface area contributed by atoms with Gasteiger partial charge >= 0.3 is 0 Å². The number of nitrogens with two attached hydrogens (primary N) is 1.